The second kappa shape index (κ2) is 5.33. The van der Waals surface area contributed by atoms with Gasteiger partial charge in [0.1, 0.15) is 0 Å². The predicted molar refractivity (Wildman–Crippen MR) is 57.5 cm³/mol. The molecule has 2 atom stereocenters. The van der Waals surface area contributed by atoms with Crippen molar-refractivity contribution in [1.82, 2.24) is 0 Å². The van der Waals surface area contributed by atoms with Crippen LogP contribution in [0.25, 0.3) is 0 Å². The molecule has 1 rings (SSSR count). The maximum Gasteiger partial charge on any atom is 0.150 e. The molecule has 14 heavy (non-hydrogen) atoms. The normalized spacial score (nSPS) is 27.7. The molecule has 1 aliphatic heterocycles. The van der Waals surface area contributed by atoms with E-state index in [1.807, 2.05) is 0 Å². The van der Waals surface area contributed by atoms with Crippen molar-refractivity contribution in [3.63, 3.8) is 0 Å². The number of halogens is 1. The first kappa shape index (κ1) is 12.3. The molecule has 0 radical (unpaired) electrons. The standard InChI is InChI=1S/C9H17ClO3S/c1-13-4-2-8(6-10)9-3-5-14(11,12)7-9/h8-9H,2-7H2,1H3. The summed E-state index contributed by atoms with van der Waals surface area (Å²) in [6, 6.07) is 0. The van der Waals surface area contributed by atoms with Gasteiger partial charge < -0.3 is 4.74 Å². The maximum absolute atomic E-state index is 11.3. The van der Waals surface area contributed by atoms with Crippen LogP contribution in [0.15, 0.2) is 0 Å². The van der Waals surface area contributed by atoms with Gasteiger partial charge in [-0.1, -0.05) is 0 Å². The molecule has 0 aromatic rings. The molecule has 0 N–H and O–H groups in total. The quantitative estimate of drug-likeness (QED) is 0.681. The van der Waals surface area contributed by atoms with Gasteiger partial charge in [0.25, 0.3) is 0 Å². The molecule has 84 valence electrons. The van der Waals surface area contributed by atoms with E-state index in [1.165, 1.54) is 0 Å². The van der Waals surface area contributed by atoms with Gasteiger partial charge in [0.05, 0.1) is 11.5 Å². The van der Waals surface area contributed by atoms with Gasteiger partial charge in [-0.2, -0.15) is 0 Å². The maximum atomic E-state index is 11.3. The molecule has 1 aliphatic rings. The Labute approximate surface area is 90.7 Å². The number of alkyl halides is 1. The molecule has 0 aliphatic carbocycles. The molecule has 0 bridgehead atoms. The molecule has 0 amide bonds. The molecule has 1 fully saturated rings. The summed E-state index contributed by atoms with van der Waals surface area (Å²) in [5, 5.41) is 0. The molecule has 1 saturated heterocycles. The predicted octanol–water partition coefficient (Wildman–Crippen LogP) is 1.31. The van der Waals surface area contributed by atoms with Crippen LogP contribution in [0.2, 0.25) is 0 Å². The van der Waals surface area contributed by atoms with E-state index >= 15 is 0 Å². The highest BCUT2D eigenvalue weighted by molar-refractivity contribution is 7.91. The van der Waals surface area contributed by atoms with E-state index in [4.69, 9.17) is 16.3 Å². The highest BCUT2D eigenvalue weighted by Gasteiger charge is 2.32. The Morgan fingerprint density at radius 1 is 1.57 bits per heavy atom. The lowest BCUT2D eigenvalue weighted by molar-refractivity contribution is 0.169. The van der Waals surface area contributed by atoms with Crippen molar-refractivity contribution in [2.24, 2.45) is 11.8 Å². The topological polar surface area (TPSA) is 43.4 Å². The van der Waals surface area contributed by atoms with E-state index < -0.39 is 9.84 Å². The van der Waals surface area contributed by atoms with Gasteiger partial charge >= 0.3 is 0 Å². The number of hydrogen-bond donors (Lipinski definition) is 0. The molecule has 0 aromatic heterocycles. The minimum absolute atomic E-state index is 0.243. The van der Waals surface area contributed by atoms with E-state index in [2.05, 4.69) is 0 Å². The average Bonchev–Trinajstić information content (AvgIpc) is 2.48. The molecular formula is C9H17ClO3S. The number of ether oxygens (including phenoxy) is 1. The summed E-state index contributed by atoms with van der Waals surface area (Å²) in [6.07, 6.45) is 1.63. The fourth-order valence-corrected chi connectivity index (χ4v) is 4.23. The van der Waals surface area contributed by atoms with Gasteiger partial charge in [-0.25, -0.2) is 8.42 Å². The van der Waals surface area contributed by atoms with Gasteiger partial charge in [0.2, 0.25) is 0 Å². The Kier molecular flexibility index (Phi) is 4.67. The minimum atomic E-state index is -2.78. The molecule has 0 saturated carbocycles. The molecule has 2 unspecified atom stereocenters. The van der Waals surface area contributed by atoms with Crippen molar-refractivity contribution >= 4 is 21.4 Å². The van der Waals surface area contributed by atoms with Crippen LogP contribution in [0.4, 0.5) is 0 Å². The van der Waals surface area contributed by atoms with Gasteiger partial charge in [-0.15, -0.1) is 11.6 Å². The van der Waals surface area contributed by atoms with E-state index in [0.29, 0.717) is 24.0 Å². The van der Waals surface area contributed by atoms with Gasteiger partial charge in [0, 0.05) is 19.6 Å². The first-order valence-corrected chi connectivity index (χ1v) is 7.20. The number of methoxy groups -OCH3 is 1. The van der Waals surface area contributed by atoms with Gasteiger partial charge in [-0.3, -0.25) is 0 Å². The third-order valence-corrected chi connectivity index (χ3v) is 5.02. The van der Waals surface area contributed by atoms with Gasteiger partial charge in [0.15, 0.2) is 9.84 Å². The van der Waals surface area contributed by atoms with Gasteiger partial charge in [-0.05, 0) is 24.7 Å². The Balaban J connectivity index is 2.46. The molecule has 3 nitrogen and oxygen atoms in total. The van der Waals surface area contributed by atoms with Crippen LogP contribution >= 0.6 is 11.6 Å². The van der Waals surface area contributed by atoms with E-state index in [1.54, 1.807) is 7.11 Å². The third-order valence-electron chi connectivity index (χ3n) is 2.83. The lowest BCUT2D eigenvalue weighted by atomic mass is 9.91. The van der Waals surface area contributed by atoms with Crippen LogP contribution in [0.5, 0.6) is 0 Å². The monoisotopic (exact) mass is 240 g/mol. The second-order valence-corrected chi connectivity index (χ2v) is 6.40. The highest BCUT2D eigenvalue weighted by atomic mass is 35.5. The van der Waals surface area contributed by atoms with Crippen molar-refractivity contribution in [3.8, 4) is 0 Å². The van der Waals surface area contributed by atoms with Crippen molar-refractivity contribution in [1.29, 1.82) is 0 Å². The van der Waals surface area contributed by atoms with E-state index in [9.17, 15) is 8.42 Å². The number of sulfone groups is 1. The summed E-state index contributed by atoms with van der Waals surface area (Å²) < 4.78 is 27.5. The van der Waals surface area contributed by atoms with Crippen molar-refractivity contribution in [2.75, 3.05) is 31.1 Å². The summed E-state index contributed by atoms with van der Waals surface area (Å²) in [7, 11) is -1.13. The first-order valence-electron chi connectivity index (χ1n) is 4.84. The highest BCUT2D eigenvalue weighted by Crippen LogP contribution is 2.28. The summed E-state index contributed by atoms with van der Waals surface area (Å²) in [4.78, 5) is 0. The molecular weight excluding hydrogens is 224 g/mol. The second-order valence-electron chi connectivity index (χ2n) is 3.86. The van der Waals surface area contributed by atoms with Crippen LogP contribution in [0, 0.1) is 11.8 Å². The first-order chi connectivity index (χ1) is 6.59. The lowest BCUT2D eigenvalue weighted by Gasteiger charge is -2.19. The molecule has 0 spiro atoms. The van der Waals surface area contributed by atoms with E-state index in [0.717, 1.165) is 12.8 Å². The third kappa shape index (κ3) is 3.41. The van der Waals surface area contributed by atoms with Crippen molar-refractivity contribution < 1.29 is 13.2 Å². The summed E-state index contributed by atoms with van der Waals surface area (Å²) in [5.74, 6) is 1.71. The zero-order chi connectivity index (χ0) is 10.6. The fraction of sp³-hybridized carbons (Fsp3) is 1.00. The summed E-state index contributed by atoms with van der Waals surface area (Å²) >= 11 is 5.83. The molecule has 1 heterocycles. The zero-order valence-electron chi connectivity index (χ0n) is 8.41. The Morgan fingerprint density at radius 3 is 2.71 bits per heavy atom. The largest absolute Gasteiger partial charge is 0.385 e. The van der Waals surface area contributed by atoms with Crippen molar-refractivity contribution in [2.45, 2.75) is 12.8 Å². The van der Waals surface area contributed by atoms with Crippen LogP contribution < -0.4 is 0 Å². The van der Waals surface area contributed by atoms with E-state index in [-0.39, 0.29) is 11.8 Å². The Bertz CT molecular complexity index is 263. The Hall–Kier alpha value is 0.200. The Morgan fingerprint density at radius 2 is 2.29 bits per heavy atom. The van der Waals surface area contributed by atoms with Crippen LogP contribution in [0.3, 0.4) is 0 Å². The number of rotatable bonds is 5. The smallest absolute Gasteiger partial charge is 0.150 e. The minimum Gasteiger partial charge on any atom is -0.385 e. The lowest BCUT2D eigenvalue weighted by Crippen LogP contribution is -2.19. The molecule has 5 heteroatoms. The van der Waals surface area contributed by atoms with Crippen LogP contribution in [-0.4, -0.2) is 39.5 Å². The van der Waals surface area contributed by atoms with Crippen LogP contribution in [-0.2, 0) is 14.6 Å². The number of hydrogen-bond acceptors (Lipinski definition) is 3. The summed E-state index contributed by atoms with van der Waals surface area (Å²) in [6.45, 7) is 0.661. The summed E-state index contributed by atoms with van der Waals surface area (Å²) in [5.41, 5.74) is 0. The zero-order valence-corrected chi connectivity index (χ0v) is 9.98. The SMILES string of the molecule is COCCC(CCl)C1CCS(=O)(=O)C1. The average molecular weight is 241 g/mol. The molecule has 0 aromatic carbocycles. The van der Waals surface area contributed by atoms with Crippen molar-refractivity contribution in [3.05, 3.63) is 0 Å². The fourth-order valence-electron chi connectivity index (χ4n) is 1.90. The van der Waals surface area contributed by atoms with Crippen LogP contribution in [0.1, 0.15) is 12.8 Å².